The lowest BCUT2D eigenvalue weighted by Gasteiger charge is -2.26. The Bertz CT molecular complexity index is 439. The molecule has 3 heteroatoms. The fraction of sp³-hybridized carbons (Fsp3) is 0.684. The van der Waals surface area contributed by atoms with Gasteiger partial charge in [0.05, 0.1) is 6.61 Å². The van der Waals surface area contributed by atoms with E-state index < -0.39 is 0 Å². The van der Waals surface area contributed by atoms with Crippen molar-refractivity contribution in [2.45, 2.75) is 44.6 Å². The highest BCUT2D eigenvalue weighted by Gasteiger charge is 2.22. The lowest BCUT2D eigenvalue weighted by atomic mass is 10.0. The predicted octanol–water partition coefficient (Wildman–Crippen LogP) is 3.71. The molecule has 2 saturated heterocycles. The smallest absolute Gasteiger partial charge is 0.119 e. The van der Waals surface area contributed by atoms with Crippen LogP contribution in [0.15, 0.2) is 24.3 Å². The van der Waals surface area contributed by atoms with Gasteiger partial charge in [-0.15, -0.1) is 0 Å². The zero-order valence-corrected chi connectivity index (χ0v) is 14.0. The van der Waals surface area contributed by atoms with Crippen LogP contribution in [0.1, 0.15) is 50.1 Å². The lowest BCUT2D eigenvalue weighted by Crippen LogP contribution is -2.31. The van der Waals surface area contributed by atoms with E-state index in [-0.39, 0.29) is 0 Å². The second-order valence-electron chi connectivity index (χ2n) is 6.81. The SMILES string of the molecule is CN1CCCC1c1ccc(OCCCN2CCCCC2)cc1. The number of hydrogen-bond acceptors (Lipinski definition) is 3. The first-order valence-electron chi connectivity index (χ1n) is 8.98. The van der Waals surface area contributed by atoms with Crippen LogP contribution < -0.4 is 4.74 Å². The maximum absolute atomic E-state index is 5.90. The van der Waals surface area contributed by atoms with E-state index in [4.69, 9.17) is 4.74 Å². The van der Waals surface area contributed by atoms with Gasteiger partial charge in [0.15, 0.2) is 0 Å². The summed E-state index contributed by atoms with van der Waals surface area (Å²) in [4.78, 5) is 5.03. The third kappa shape index (κ3) is 4.23. The Labute approximate surface area is 135 Å². The van der Waals surface area contributed by atoms with Gasteiger partial charge in [0.2, 0.25) is 0 Å². The first-order valence-corrected chi connectivity index (χ1v) is 8.98. The molecule has 0 aliphatic carbocycles. The van der Waals surface area contributed by atoms with Crippen LogP contribution in [0.4, 0.5) is 0 Å². The fourth-order valence-corrected chi connectivity index (χ4v) is 3.78. The van der Waals surface area contributed by atoms with Crippen LogP contribution in [0.25, 0.3) is 0 Å². The maximum atomic E-state index is 5.90. The summed E-state index contributed by atoms with van der Waals surface area (Å²) in [7, 11) is 2.22. The standard InChI is InChI=1S/C19H30N2O/c1-20-12-5-7-19(20)17-8-10-18(11-9-17)22-16-6-15-21-13-3-2-4-14-21/h8-11,19H,2-7,12-16H2,1H3. The number of likely N-dealkylation sites (tertiary alicyclic amines) is 2. The van der Waals surface area contributed by atoms with Crippen LogP contribution in [0.5, 0.6) is 5.75 Å². The molecular formula is C19H30N2O. The summed E-state index contributed by atoms with van der Waals surface area (Å²) in [6.45, 7) is 5.80. The van der Waals surface area contributed by atoms with Crippen LogP contribution in [0, 0.1) is 0 Å². The van der Waals surface area contributed by atoms with Crippen molar-refractivity contribution < 1.29 is 4.74 Å². The predicted molar refractivity (Wildman–Crippen MR) is 91.5 cm³/mol. The number of hydrogen-bond donors (Lipinski definition) is 0. The second-order valence-corrected chi connectivity index (χ2v) is 6.81. The molecule has 2 heterocycles. The number of piperidine rings is 1. The lowest BCUT2D eigenvalue weighted by molar-refractivity contribution is 0.205. The number of nitrogens with zero attached hydrogens (tertiary/aromatic N) is 2. The Hall–Kier alpha value is -1.06. The summed E-state index contributed by atoms with van der Waals surface area (Å²) in [6.07, 6.45) is 7.89. The van der Waals surface area contributed by atoms with Gasteiger partial charge in [0, 0.05) is 12.6 Å². The van der Waals surface area contributed by atoms with Crippen LogP contribution >= 0.6 is 0 Å². The summed E-state index contributed by atoms with van der Waals surface area (Å²) >= 11 is 0. The van der Waals surface area contributed by atoms with E-state index in [2.05, 4.69) is 41.1 Å². The van der Waals surface area contributed by atoms with Crippen LogP contribution in [0.2, 0.25) is 0 Å². The van der Waals surface area contributed by atoms with Gasteiger partial charge in [-0.25, -0.2) is 0 Å². The average molecular weight is 302 g/mol. The summed E-state index contributed by atoms with van der Waals surface area (Å²) in [5, 5.41) is 0. The van der Waals surface area contributed by atoms with Crippen LogP contribution in [-0.4, -0.2) is 49.6 Å². The van der Waals surface area contributed by atoms with Crippen molar-refractivity contribution >= 4 is 0 Å². The van der Waals surface area contributed by atoms with E-state index in [0.29, 0.717) is 6.04 Å². The van der Waals surface area contributed by atoms with Crippen LogP contribution in [0.3, 0.4) is 0 Å². The molecule has 2 aliphatic rings. The quantitative estimate of drug-likeness (QED) is 0.745. The molecule has 122 valence electrons. The van der Waals surface area contributed by atoms with Gasteiger partial charge in [-0.2, -0.15) is 0 Å². The Balaban J connectivity index is 1.39. The Morgan fingerprint density at radius 2 is 1.77 bits per heavy atom. The fourth-order valence-electron chi connectivity index (χ4n) is 3.78. The molecular weight excluding hydrogens is 272 g/mol. The van der Waals surface area contributed by atoms with Crippen LogP contribution in [-0.2, 0) is 0 Å². The highest BCUT2D eigenvalue weighted by atomic mass is 16.5. The molecule has 2 aliphatic heterocycles. The molecule has 1 atom stereocenters. The van der Waals surface area contributed by atoms with E-state index in [1.54, 1.807) is 0 Å². The molecule has 0 radical (unpaired) electrons. The first kappa shape index (κ1) is 15.8. The molecule has 1 unspecified atom stereocenters. The van der Waals surface area contributed by atoms with Crippen molar-refractivity contribution in [3.05, 3.63) is 29.8 Å². The molecule has 0 spiro atoms. The Morgan fingerprint density at radius 3 is 2.45 bits per heavy atom. The molecule has 0 bridgehead atoms. The Kier molecular flexibility index (Phi) is 5.74. The maximum Gasteiger partial charge on any atom is 0.119 e. The van der Waals surface area contributed by atoms with Crippen molar-refractivity contribution in [1.82, 2.24) is 9.80 Å². The third-order valence-corrected chi connectivity index (χ3v) is 5.12. The van der Waals surface area contributed by atoms with Crippen molar-refractivity contribution in [2.24, 2.45) is 0 Å². The molecule has 0 aromatic heterocycles. The van der Waals surface area contributed by atoms with Gasteiger partial charge in [-0.05, 0) is 76.5 Å². The van der Waals surface area contributed by atoms with Gasteiger partial charge < -0.3 is 9.64 Å². The minimum Gasteiger partial charge on any atom is -0.494 e. The van der Waals surface area contributed by atoms with E-state index in [0.717, 1.165) is 18.8 Å². The van der Waals surface area contributed by atoms with Crippen molar-refractivity contribution in [3.8, 4) is 5.75 Å². The molecule has 0 saturated carbocycles. The summed E-state index contributed by atoms with van der Waals surface area (Å²) in [6, 6.07) is 9.37. The minimum atomic E-state index is 0.605. The molecule has 1 aromatic rings. The topological polar surface area (TPSA) is 15.7 Å². The molecule has 0 amide bonds. The molecule has 3 rings (SSSR count). The van der Waals surface area contributed by atoms with Crippen molar-refractivity contribution in [1.29, 1.82) is 0 Å². The average Bonchev–Trinajstić information content (AvgIpc) is 2.99. The summed E-state index contributed by atoms with van der Waals surface area (Å²) in [5.74, 6) is 1.02. The van der Waals surface area contributed by atoms with E-state index in [1.807, 2.05) is 0 Å². The minimum absolute atomic E-state index is 0.605. The molecule has 1 aromatic carbocycles. The first-order chi connectivity index (χ1) is 10.8. The second kappa shape index (κ2) is 7.98. The zero-order chi connectivity index (χ0) is 15.2. The normalized spacial score (nSPS) is 23.8. The molecule has 0 N–H and O–H groups in total. The van der Waals surface area contributed by atoms with Gasteiger partial charge in [-0.1, -0.05) is 18.6 Å². The Morgan fingerprint density at radius 1 is 1.00 bits per heavy atom. The number of benzene rings is 1. The highest BCUT2D eigenvalue weighted by Crippen LogP contribution is 2.31. The van der Waals surface area contributed by atoms with Gasteiger partial charge in [0.1, 0.15) is 5.75 Å². The van der Waals surface area contributed by atoms with E-state index in [9.17, 15) is 0 Å². The molecule has 3 nitrogen and oxygen atoms in total. The molecule has 22 heavy (non-hydrogen) atoms. The largest absolute Gasteiger partial charge is 0.494 e. The number of ether oxygens (including phenoxy) is 1. The van der Waals surface area contributed by atoms with Gasteiger partial charge in [-0.3, -0.25) is 4.90 Å². The summed E-state index contributed by atoms with van der Waals surface area (Å²) < 4.78 is 5.90. The monoisotopic (exact) mass is 302 g/mol. The molecule has 2 fully saturated rings. The highest BCUT2D eigenvalue weighted by molar-refractivity contribution is 5.29. The third-order valence-electron chi connectivity index (χ3n) is 5.12. The van der Waals surface area contributed by atoms with Crippen molar-refractivity contribution in [2.75, 3.05) is 39.8 Å². The van der Waals surface area contributed by atoms with Gasteiger partial charge >= 0.3 is 0 Å². The zero-order valence-electron chi connectivity index (χ0n) is 14.0. The van der Waals surface area contributed by atoms with Crippen molar-refractivity contribution in [3.63, 3.8) is 0 Å². The number of rotatable bonds is 6. The van der Waals surface area contributed by atoms with E-state index >= 15 is 0 Å². The summed E-state index contributed by atoms with van der Waals surface area (Å²) in [5.41, 5.74) is 1.43. The van der Waals surface area contributed by atoms with Gasteiger partial charge in [0.25, 0.3) is 0 Å². The van der Waals surface area contributed by atoms with E-state index in [1.165, 1.54) is 63.8 Å².